The van der Waals surface area contributed by atoms with Crippen LogP contribution in [0.15, 0.2) is 18.2 Å². The van der Waals surface area contributed by atoms with Crippen LogP contribution >= 0.6 is 0 Å². The van der Waals surface area contributed by atoms with Crippen LogP contribution in [0.4, 0.5) is 4.39 Å². The van der Waals surface area contributed by atoms with Gasteiger partial charge in [-0.05, 0) is 31.9 Å². The van der Waals surface area contributed by atoms with Crippen molar-refractivity contribution in [2.75, 3.05) is 19.7 Å². The molecule has 1 aromatic carbocycles. The number of primary amides is 1. The highest BCUT2D eigenvalue weighted by atomic mass is 19.1. The summed E-state index contributed by atoms with van der Waals surface area (Å²) in [7, 11) is 0. The first-order valence-corrected chi connectivity index (χ1v) is 7.12. The van der Waals surface area contributed by atoms with E-state index in [4.69, 9.17) is 10.5 Å². The van der Waals surface area contributed by atoms with Crippen LogP contribution in [0.25, 0.3) is 0 Å². The van der Waals surface area contributed by atoms with Crippen molar-refractivity contribution in [2.24, 2.45) is 5.73 Å². The number of carbonyl (C=O) groups excluding carboxylic acids is 2. The maximum Gasteiger partial charge on any atom is 0.257 e. The lowest BCUT2D eigenvalue weighted by atomic mass is 9.91. The largest absolute Gasteiger partial charge is 0.490 e. The number of hydrogen-bond acceptors (Lipinski definition) is 4. The van der Waals surface area contributed by atoms with E-state index >= 15 is 0 Å². The molecule has 7 heteroatoms. The van der Waals surface area contributed by atoms with Crippen molar-refractivity contribution in [1.29, 1.82) is 0 Å². The van der Waals surface area contributed by atoms with Gasteiger partial charge < -0.3 is 20.5 Å². The highest BCUT2D eigenvalue weighted by molar-refractivity contribution is 5.97. The van der Waals surface area contributed by atoms with E-state index in [0.717, 1.165) is 0 Å². The number of aliphatic hydroxyl groups is 1. The number of likely N-dealkylation sites (tertiary alicyclic amines) is 1. The normalized spacial score (nSPS) is 21.5. The molecule has 1 aliphatic heterocycles. The lowest BCUT2D eigenvalue weighted by molar-refractivity contribution is -0.140. The lowest BCUT2D eigenvalue weighted by Crippen LogP contribution is -2.57. The van der Waals surface area contributed by atoms with E-state index in [1.54, 1.807) is 6.92 Å². The minimum atomic E-state index is -1.74. The summed E-state index contributed by atoms with van der Waals surface area (Å²) in [6.45, 7) is 2.06. The van der Waals surface area contributed by atoms with Gasteiger partial charge in [-0.1, -0.05) is 6.07 Å². The van der Waals surface area contributed by atoms with Crippen molar-refractivity contribution < 1.29 is 23.8 Å². The van der Waals surface area contributed by atoms with Crippen LogP contribution in [0.1, 0.15) is 30.1 Å². The molecule has 6 nitrogen and oxygen atoms in total. The van der Waals surface area contributed by atoms with Crippen LogP contribution < -0.4 is 10.5 Å². The molecular formula is C15H19FN2O4. The van der Waals surface area contributed by atoms with Crippen LogP contribution in [-0.2, 0) is 4.79 Å². The first-order chi connectivity index (χ1) is 10.4. The van der Waals surface area contributed by atoms with E-state index in [2.05, 4.69) is 0 Å². The summed E-state index contributed by atoms with van der Waals surface area (Å²) in [6, 6.07) is 4.07. The molecule has 1 heterocycles. The highest BCUT2D eigenvalue weighted by Gasteiger charge is 2.40. The molecular weight excluding hydrogens is 291 g/mol. The van der Waals surface area contributed by atoms with Gasteiger partial charge in [0, 0.05) is 6.54 Å². The van der Waals surface area contributed by atoms with Gasteiger partial charge in [0.15, 0.2) is 17.2 Å². The number of rotatable bonds is 4. The molecule has 22 heavy (non-hydrogen) atoms. The molecule has 1 aliphatic rings. The second-order valence-electron chi connectivity index (χ2n) is 5.28. The molecule has 0 aromatic heterocycles. The molecule has 0 saturated carbocycles. The van der Waals surface area contributed by atoms with E-state index in [1.165, 1.54) is 23.1 Å². The van der Waals surface area contributed by atoms with Gasteiger partial charge in [0.1, 0.15) is 0 Å². The van der Waals surface area contributed by atoms with E-state index < -0.39 is 23.2 Å². The molecule has 0 aliphatic carbocycles. The summed E-state index contributed by atoms with van der Waals surface area (Å²) in [5.41, 5.74) is 3.51. The standard InChI is InChI=1S/C15H19FN2O4/c1-2-22-12-10(5-3-6-11(12)16)13(19)18-8-4-7-15(21,9-18)14(17)20/h3,5-6,21H,2,4,7-9H2,1H3,(H2,17,20)/t15-/m0/s1. The Kier molecular flexibility index (Phi) is 4.65. The number of β-amino-alcohol motifs (C(OH)–C–C–N with tert-alkyl or cyclic N) is 1. The predicted octanol–water partition coefficient (Wildman–Crippen LogP) is 0.677. The zero-order chi connectivity index (χ0) is 16.3. The monoisotopic (exact) mass is 310 g/mol. The van der Waals surface area contributed by atoms with Gasteiger partial charge >= 0.3 is 0 Å². The van der Waals surface area contributed by atoms with Gasteiger partial charge in [0.2, 0.25) is 0 Å². The number of nitrogens with two attached hydrogens (primary N) is 1. The number of amides is 2. The van der Waals surface area contributed by atoms with Crippen LogP contribution in [0.3, 0.4) is 0 Å². The fourth-order valence-corrected chi connectivity index (χ4v) is 2.55. The Morgan fingerprint density at radius 3 is 2.86 bits per heavy atom. The average Bonchev–Trinajstić information content (AvgIpc) is 2.48. The third-order valence-corrected chi connectivity index (χ3v) is 3.70. The summed E-state index contributed by atoms with van der Waals surface area (Å²) in [6.07, 6.45) is 0.637. The second-order valence-corrected chi connectivity index (χ2v) is 5.28. The number of ether oxygens (including phenoxy) is 1. The van der Waals surface area contributed by atoms with Gasteiger partial charge in [-0.25, -0.2) is 4.39 Å². The quantitative estimate of drug-likeness (QED) is 0.855. The zero-order valence-electron chi connectivity index (χ0n) is 12.3. The Morgan fingerprint density at radius 2 is 2.23 bits per heavy atom. The minimum absolute atomic E-state index is 0.0653. The molecule has 1 aromatic rings. The van der Waals surface area contributed by atoms with E-state index in [9.17, 15) is 19.1 Å². The molecule has 3 N–H and O–H groups in total. The SMILES string of the molecule is CCOc1c(F)cccc1C(=O)N1CCC[C@@](O)(C(N)=O)C1. The number of hydrogen-bond donors (Lipinski definition) is 2. The number of piperidine rings is 1. The Hall–Kier alpha value is -2.15. The smallest absolute Gasteiger partial charge is 0.257 e. The molecule has 1 fully saturated rings. The summed E-state index contributed by atoms with van der Waals surface area (Å²) >= 11 is 0. The summed E-state index contributed by atoms with van der Waals surface area (Å²) < 4.78 is 19.0. The fraction of sp³-hybridized carbons (Fsp3) is 0.467. The van der Waals surface area contributed by atoms with Crippen LogP contribution in [0.5, 0.6) is 5.75 Å². The number of para-hydroxylation sites is 1. The van der Waals surface area contributed by atoms with Crippen LogP contribution in [0, 0.1) is 5.82 Å². The Balaban J connectivity index is 2.28. The Morgan fingerprint density at radius 1 is 1.50 bits per heavy atom. The zero-order valence-corrected chi connectivity index (χ0v) is 12.3. The van der Waals surface area contributed by atoms with Crippen molar-refractivity contribution in [1.82, 2.24) is 4.90 Å². The molecule has 1 saturated heterocycles. The maximum atomic E-state index is 13.8. The third kappa shape index (κ3) is 3.04. The fourth-order valence-electron chi connectivity index (χ4n) is 2.55. The number of halogens is 1. The summed E-state index contributed by atoms with van der Waals surface area (Å²) in [4.78, 5) is 25.2. The number of carbonyl (C=O) groups is 2. The van der Waals surface area contributed by atoms with E-state index in [1.807, 2.05) is 0 Å². The molecule has 0 radical (unpaired) electrons. The van der Waals surface area contributed by atoms with Crippen LogP contribution in [0.2, 0.25) is 0 Å². The highest BCUT2D eigenvalue weighted by Crippen LogP contribution is 2.27. The topological polar surface area (TPSA) is 92.9 Å². The summed E-state index contributed by atoms with van der Waals surface area (Å²) in [5.74, 6) is -2.12. The van der Waals surface area contributed by atoms with Gasteiger partial charge in [-0.2, -0.15) is 0 Å². The van der Waals surface area contributed by atoms with Crippen molar-refractivity contribution in [3.05, 3.63) is 29.6 Å². The molecule has 0 unspecified atom stereocenters. The van der Waals surface area contributed by atoms with E-state index in [0.29, 0.717) is 13.0 Å². The summed E-state index contributed by atoms with van der Waals surface area (Å²) in [5, 5.41) is 10.2. The molecule has 0 bridgehead atoms. The Bertz CT molecular complexity index is 593. The second kappa shape index (κ2) is 6.31. The van der Waals surface area contributed by atoms with E-state index in [-0.39, 0.29) is 30.9 Å². The van der Waals surface area contributed by atoms with Crippen molar-refractivity contribution >= 4 is 11.8 Å². The number of benzene rings is 1. The molecule has 2 rings (SSSR count). The minimum Gasteiger partial charge on any atom is -0.490 e. The lowest BCUT2D eigenvalue weighted by Gasteiger charge is -2.37. The van der Waals surface area contributed by atoms with Gasteiger partial charge in [-0.15, -0.1) is 0 Å². The number of nitrogens with zero attached hydrogens (tertiary/aromatic N) is 1. The van der Waals surface area contributed by atoms with Crippen molar-refractivity contribution in [3.63, 3.8) is 0 Å². The molecule has 1 atom stereocenters. The average molecular weight is 310 g/mol. The predicted molar refractivity (Wildman–Crippen MR) is 76.9 cm³/mol. The van der Waals surface area contributed by atoms with Crippen molar-refractivity contribution in [3.8, 4) is 5.75 Å². The molecule has 2 amide bonds. The van der Waals surface area contributed by atoms with Crippen molar-refractivity contribution in [2.45, 2.75) is 25.4 Å². The Labute approximate surface area is 127 Å². The molecule has 0 spiro atoms. The van der Waals surface area contributed by atoms with Gasteiger partial charge in [0.25, 0.3) is 11.8 Å². The maximum absolute atomic E-state index is 13.8. The molecule has 120 valence electrons. The first-order valence-electron chi connectivity index (χ1n) is 7.12. The van der Waals surface area contributed by atoms with Gasteiger partial charge in [0.05, 0.1) is 18.7 Å². The third-order valence-electron chi connectivity index (χ3n) is 3.70. The first kappa shape index (κ1) is 16.2. The van der Waals surface area contributed by atoms with Gasteiger partial charge in [-0.3, -0.25) is 9.59 Å². The van der Waals surface area contributed by atoms with Crippen LogP contribution in [-0.4, -0.2) is 47.1 Å².